The molecule has 0 fully saturated rings. The van der Waals surface area contributed by atoms with E-state index in [0.29, 0.717) is 12.2 Å². The Morgan fingerprint density at radius 1 is 1.23 bits per heavy atom. The maximum Gasteiger partial charge on any atom is 0.332 e. The number of methoxy groups -OCH3 is 1. The molecule has 31 heavy (non-hydrogen) atoms. The minimum absolute atomic E-state index is 0.0879. The number of carbonyl (C=O) groups is 2. The van der Waals surface area contributed by atoms with Gasteiger partial charge in [-0.2, -0.15) is 0 Å². The number of carboxylic acid groups (broad SMARTS) is 1. The first-order chi connectivity index (χ1) is 14.9. The average molecular weight is 444 g/mol. The van der Waals surface area contributed by atoms with Gasteiger partial charge in [0.25, 0.3) is 0 Å². The van der Waals surface area contributed by atoms with Crippen LogP contribution >= 0.6 is 11.3 Å². The summed E-state index contributed by atoms with van der Waals surface area (Å²) in [6.45, 7) is 2.15. The number of benzene rings is 1. The van der Waals surface area contributed by atoms with E-state index in [2.05, 4.69) is 11.8 Å². The Morgan fingerprint density at radius 2 is 2.00 bits per heavy atom. The van der Waals surface area contributed by atoms with Gasteiger partial charge in [-0.1, -0.05) is 24.8 Å². The molecule has 1 aromatic heterocycles. The number of nitrogens with two attached hydrogens (primary N) is 1. The third-order valence-corrected chi connectivity index (χ3v) is 5.31. The van der Waals surface area contributed by atoms with Crippen LogP contribution in [0.2, 0.25) is 0 Å². The zero-order chi connectivity index (χ0) is 22.6. The third kappa shape index (κ3) is 8.95. The number of aryl methyl sites for hydroxylation is 1. The number of aliphatic carboxylic acids is 1. The standard InChI is InChI=1S/C23H25NO6S/c1-16(23(24)30-22(27)13-12-21(25)26)8-9-20-11-10-19(31-20)7-4-14-29-18-6-3-5-17(15-18)28-2/h3,5-6,10-13,15-16,23H,8-9,14,24H2,1-2H3,(H,25,26)/t16-,23?/m1/s1. The van der Waals surface area contributed by atoms with Crippen molar-refractivity contribution in [2.24, 2.45) is 11.7 Å². The number of hydrogen-bond acceptors (Lipinski definition) is 7. The Labute approximate surface area is 185 Å². The van der Waals surface area contributed by atoms with Crippen LogP contribution in [-0.2, 0) is 20.7 Å². The van der Waals surface area contributed by atoms with Gasteiger partial charge in [-0.05, 0) is 37.1 Å². The molecule has 0 bridgehead atoms. The number of rotatable bonds is 10. The SMILES string of the molecule is COc1cccc(OCC#Cc2ccc(CC[C@@H](C)C(N)OC(=O)C=CC(=O)O)s2)c1. The van der Waals surface area contributed by atoms with E-state index in [0.717, 1.165) is 34.1 Å². The molecule has 1 unspecified atom stereocenters. The summed E-state index contributed by atoms with van der Waals surface area (Å²) in [5.74, 6) is 5.43. The van der Waals surface area contributed by atoms with Crippen LogP contribution in [0.1, 0.15) is 23.1 Å². The van der Waals surface area contributed by atoms with Gasteiger partial charge in [0.1, 0.15) is 18.1 Å². The Kier molecular flexibility index (Phi) is 9.62. The molecule has 164 valence electrons. The molecule has 1 aromatic carbocycles. The first kappa shape index (κ1) is 24.0. The molecular weight excluding hydrogens is 418 g/mol. The highest BCUT2D eigenvalue weighted by molar-refractivity contribution is 7.12. The molecule has 2 atom stereocenters. The van der Waals surface area contributed by atoms with Crippen molar-refractivity contribution >= 4 is 23.3 Å². The minimum Gasteiger partial charge on any atom is -0.497 e. The second kappa shape index (κ2) is 12.4. The molecule has 1 heterocycles. The lowest BCUT2D eigenvalue weighted by Crippen LogP contribution is -2.33. The fourth-order valence-electron chi connectivity index (χ4n) is 2.48. The fraction of sp³-hybridized carbons (Fsp3) is 0.304. The van der Waals surface area contributed by atoms with Crippen LogP contribution in [0.15, 0.2) is 48.6 Å². The van der Waals surface area contributed by atoms with Gasteiger partial charge in [-0.15, -0.1) is 11.3 Å². The molecule has 3 N–H and O–H groups in total. The molecule has 0 aliphatic rings. The largest absolute Gasteiger partial charge is 0.497 e. The monoisotopic (exact) mass is 443 g/mol. The summed E-state index contributed by atoms with van der Waals surface area (Å²) in [7, 11) is 1.61. The smallest absolute Gasteiger partial charge is 0.332 e. The Morgan fingerprint density at radius 3 is 2.74 bits per heavy atom. The van der Waals surface area contributed by atoms with E-state index < -0.39 is 18.2 Å². The summed E-state index contributed by atoms with van der Waals surface area (Å²) < 4.78 is 15.8. The third-order valence-electron chi connectivity index (χ3n) is 4.25. The van der Waals surface area contributed by atoms with Gasteiger partial charge in [-0.25, -0.2) is 9.59 Å². The molecule has 0 aliphatic carbocycles. The molecular formula is C23H25NO6S. The van der Waals surface area contributed by atoms with Crippen molar-refractivity contribution in [1.82, 2.24) is 0 Å². The summed E-state index contributed by atoms with van der Waals surface area (Å²) in [5.41, 5.74) is 5.88. The van der Waals surface area contributed by atoms with Crippen molar-refractivity contribution in [3.05, 3.63) is 58.3 Å². The van der Waals surface area contributed by atoms with Gasteiger partial charge in [0.05, 0.1) is 12.0 Å². The topological polar surface area (TPSA) is 108 Å². The summed E-state index contributed by atoms with van der Waals surface area (Å²) in [6, 6.07) is 11.3. The molecule has 0 radical (unpaired) electrons. The maximum atomic E-state index is 11.5. The first-order valence-corrected chi connectivity index (χ1v) is 10.4. The van der Waals surface area contributed by atoms with Crippen LogP contribution in [-0.4, -0.2) is 37.0 Å². The highest BCUT2D eigenvalue weighted by atomic mass is 32.1. The predicted octanol–water partition coefficient (Wildman–Crippen LogP) is 3.22. The Hall–Kier alpha value is -3.28. The molecule has 0 amide bonds. The Bertz CT molecular complexity index is 972. The van der Waals surface area contributed by atoms with Gasteiger partial charge in [-0.3, -0.25) is 5.73 Å². The number of carbonyl (C=O) groups excluding carboxylic acids is 1. The molecule has 8 heteroatoms. The van der Waals surface area contributed by atoms with Crippen LogP contribution in [0.3, 0.4) is 0 Å². The lowest BCUT2D eigenvalue weighted by Gasteiger charge is -2.19. The van der Waals surface area contributed by atoms with E-state index >= 15 is 0 Å². The molecule has 2 rings (SSSR count). The lowest BCUT2D eigenvalue weighted by atomic mass is 10.0. The first-order valence-electron chi connectivity index (χ1n) is 9.59. The van der Waals surface area contributed by atoms with Crippen LogP contribution in [0.5, 0.6) is 11.5 Å². The van der Waals surface area contributed by atoms with E-state index in [1.54, 1.807) is 24.5 Å². The van der Waals surface area contributed by atoms with Crippen LogP contribution in [0, 0.1) is 17.8 Å². The van der Waals surface area contributed by atoms with Crippen molar-refractivity contribution < 1.29 is 28.9 Å². The van der Waals surface area contributed by atoms with Crippen molar-refractivity contribution in [3.8, 4) is 23.3 Å². The highest BCUT2D eigenvalue weighted by Crippen LogP contribution is 2.21. The lowest BCUT2D eigenvalue weighted by molar-refractivity contribution is -0.145. The Balaban J connectivity index is 1.76. The maximum absolute atomic E-state index is 11.5. The van der Waals surface area contributed by atoms with Crippen LogP contribution in [0.25, 0.3) is 0 Å². The van der Waals surface area contributed by atoms with E-state index in [-0.39, 0.29) is 12.5 Å². The molecule has 0 saturated carbocycles. The molecule has 0 spiro atoms. The van der Waals surface area contributed by atoms with Crippen molar-refractivity contribution in [3.63, 3.8) is 0 Å². The van der Waals surface area contributed by atoms with Gasteiger partial charge >= 0.3 is 11.9 Å². The predicted molar refractivity (Wildman–Crippen MR) is 118 cm³/mol. The summed E-state index contributed by atoms with van der Waals surface area (Å²) in [5, 5.41) is 8.51. The van der Waals surface area contributed by atoms with Gasteiger partial charge in [0, 0.05) is 29.0 Å². The van der Waals surface area contributed by atoms with Crippen molar-refractivity contribution in [2.45, 2.75) is 26.0 Å². The quantitative estimate of drug-likeness (QED) is 0.251. The van der Waals surface area contributed by atoms with E-state index in [9.17, 15) is 9.59 Å². The number of esters is 1. The molecule has 2 aromatic rings. The average Bonchev–Trinajstić information content (AvgIpc) is 3.21. The van der Waals surface area contributed by atoms with Gasteiger partial charge < -0.3 is 19.3 Å². The summed E-state index contributed by atoms with van der Waals surface area (Å²) >= 11 is 1.59. The van der Waals surface area contributed by atoms with Crippen LogP contribution < -0.4 is 15.2 Å². The molecule has 7 nitrogen and oxygen atoms in total. The van der Waals surface area contributed by atoms with E-state index in [1.807, 2.05) is 37.3 Å². The normalized spacial score (nSPS) is 12.5. The fourth-order valence-corrected chi connectivity index (χ4v) is 3.37. The van der Waals surface area contributed by atoms with Crippen molar-refractivity contribution in [2.75, 3.05) is 13.7 Å². The van der Waals surface area contributed by atoms with Gasteiger partial charge in [0.15, 0.2) is 6.23 Å². The summed E-state index contributed by atoms with van der Waals surface area (Å²) in [4.78, 5) is 24.0. The molecule has 0 saturated heterocycles. The van der Waals surface area contributed by atoms with E-state index in [1.165, 1.54) is 0 Å². The van der Waals surface area contributed by atoms with Crippen LogP contribution in [0.4, 0.5) is 0 Å². The zero-order valence-electron chi connectivity index (χ0n) is 17.4. The van der Waals surface area contributed by atoms with Crippen molar-refractivity contribution in [1.29, 1.82) is 0 Å². The van der Waals surface area contributed by atoms with E-state index in [4.69, 9.17) is 25.1 Å². The number of carboxylic acids is 1. The number of ether oxygens (including phenoxy) is 3. The van der Waals surface area contributed by atoms with Gasteiger partial charge in [0.2, 0.25) is 0 Å². The highest BCUT2D eigenvalue weighted by Gasteiger charge is 2.16. The molecule has 0 aliphatic heterocycles. The number of hydrogen-bond donors (Lipinski definition) is 2. The second-order valence-corrected chi connectivity index (χ2v) is 7.79. The zero-order valence-corrected chi connectivity index (χ0v) is 18.2. The minimum atomic E-state index is -1.22. The second-order valence-electron chi connectivity index (χ2n) is 6.62. The summed E-state index contributed by atoms with van der Waals surface area (Å²) in [6.07, 6.45) is 2.24. The number of thiophene rings is 1.